The number of Topliss-reactive ketones (excluding diaryl/α,β-unsaturated/α-hetero) is 1. The van der Waals surface area contributed by atoms with Gasteiger partial charge in [0.1, 0.15) is 12.4 Å². The molecule has 0 aliphatic rings. The summed E-state index contributed by atoms with van der Waals surface area (Å²) in [5.74, 6) is 0.0705. The van der Waals surface area contributed by atoms with E-state index in [1.54, 1.807) is 0 Å². The highest BCUT2D eigenvalue weighted by atomic mass is 16.7. The molecule has 0 aromatic carbocycles. The van der Waals surface area contributed by atoms with E-state index in [1.165, 1.54) is 0 Å². The SMILES string of the molecule is CC(C)(C)C(=O)CCON=O. The van der Waals surface area contributed by atoms with Crippen molar-refractivity contribution in [2.24, 2.45) is 10.8 Å². The van der Waals surface area contributed by atoms with Crippen LogP contribution in [0.15, 0.2) is 5.34 Å². The minimum Gasteiger partial charge on any atom is -0.364 e. The van der Waals surface area contributed by atoms with E-state index in [2.05, 4.69) is 10.2 Å². The molecule has 11 heavy (non-hydrogen) atoms. The van der Waals surface area contributed by atoms with Crippen molar-refractivity contribution in [2.45, 2.75) is 27.2 Å². The highest BCUT2D eigenvalue weighted by molar-refractivity contribution is 5.83. The van der Waals surface area contributed by atoms with Gasteiger partial charge in [-0.1, -0.05) is 20.8 Å². The molecule has 0 spiro atoms. The van der Waals surface area contributed by atoms with Gasteiger partial charge in [0.2, 0.25) is 0 Å². The van der Waals surface area contributed by atoms with E-state index in [4.69, 9.17) is 0 Å². The molecule has 0 rings (SSSR count). The van der Waals surface area contributed by atoms with Gasteiger partial charge in [-0.25, -0.2) is 0 Å². The average Bonchev–Trinajstić information content (AvgIpc) is 1.86. The Bertz CT molecular complexity index is 148. The van der Waals surface area contributed by atoms with Crippen LogP contribution in [0, 0.1) is 10.3 Å². The molecule has 0 unspecified atom stereocenters. The topological polar surface area (TPSA) is 55.7 Å². The van der Waals surface area contributed by atoms with Gasteiger partial charge in [-0.05, 0) is 0 Å². The van der Waals surface area contributed by atoms with Crippen molar-refractivity contribution in [1.82, 2.24) is 0 Å². The molecule has 0 atom stereocenters. The van der Waals surface area contributed by atoms with E-state index in [9.17, 15) is 9.70 Å². The highest BCUT2D eigenvalue weighted by Crippen LogP contribution is 2.16. The highest BCUT2D eigenvalue weighted by Gasteiger charge is 2.20. The van der Waals surface area contributed by atoms with Gasteiger partial charge in [-0.15, -0.1) is 4.91 Å². The van der Waals surface area contributed by atoms with Gasteiger partial charge in [0.15, 0.2) is 5.34 Å². The fourth-order valence-corrected chi connectivity index (χ4v) is 0.551. The van der Waals surface area contributed by atoms with Crippen molar-refractivity contribution in [3.63, 3.8) is 0 Å². The molecule has 0 saturated carbocycles. The summed E-state index contributed by atoms with van der Waals surface area (Å²) in [5.41, 5.74) is -0.355. The Morgan fingerprint density at radius 1 is 1.45 bits per heavy atom. The molecule has 0 heterocycles. The van der Waals surface area contributed by atoms with Gasteiger partial charge in [0, 0.05) is 11.8 Å². The Morgan fingerprint density at radius 3 is 2.36 bits per heavy atom. The number of hydrogen-bond donors (Lipinski definition) is 0. The van der Waals surface area contributed by atoms with E-state index in [-0.39, 0.29) is 24.2 Å². The summed E-state index contributed by atoms with van der Waals surface area (Å²) in [6.45, 7) is 5.55. The molecule has 4 heteroatoms. The first-order valence-corrected chi connectivity index (χ1v) is 3.46. The number of hydrogen-bond acceptors (Lipinski definition) is 4. The number of ketones is 1. The zero-order valence-corrected chi connectivity index (χ0v) is 7.09. The Balaban J connectivity index is 3.62. The van der Waals surface area contributed by atoms with Crippen LogP contribution >= 0.6 is 0 Å². The van der Waals surface area contributed by atoms with Crippen LogP contribution in [0.4, 0.5) is 0 Å². The maximum atomic E-state index is 11.1. The quantitative estimate of drug-likeness (QED) is 0.356. The van der Waals surface area contributed by atoms with Crippen LogP contribution in [-0.2, 0) is 9.63 Å². The number of rotatable bonds is 4. The summed E-state index contributed by atoms with van der Waals surface area (Å²) in [6.07, 6.45) is 0.245. The lowest BCUT2D eigenvalue weighted by Crippen LogP contribution is -2.21. The lowest BCUT2D eigenvalue weighted by atomic mass is 9.89. The molecule has 0 bridgehead atoms. The molecule has 0 aromatic heterocycles. The fourth-order valence-electron chi connectivity index (χ4n) is 0.551. The predicted molar refractivity (Wildman–Crippen MR) is 40.8 cm³/mol. The Hall–Kier alpha value is -0.930. The van der Waals surface area contributed by atoms with Gasteiger partial charge in [0.05, 0.1) is 0 Å². The molecule has 0 amide bonds. The van der Waals surface area contributed by atoms with Crippen LogP contribution in [0.1, 0.15) is 27.2 Å². The smallest absolute Gasteiger partial charge is 0.155 e. The largest absolute Gasteiger partial charge is 0.364 e. The predicted octanol–water partition coefficient (Wildman–Crippen LogP) is 1.69. The first-order chi connectivity index (χ1) is 4.98. The Morgan fingerprint density at radius 2 is 2.00 bits per heavy atom. The van der Waals surface area contributed by atoms with E-state index >= 15 is 0 Å². The molecular formula is C7H13NO3. The summed E-state index contributed by atoms with van der Waals surface area (Å²) in [7, 11) is 0. The van der Waals surface area contributed by atoms with Gasteiger partial charge in [-0.3, -0.25) is 4.79 Å². The van der Waals surface area contributed by atoms with Crippen molar-refractivity contribution in [3.05, 3.63) is 4.91 Å². The third-order valence-electron chi connectivity index (χ3n) is 1.31. The van der Waals surface area contributed by atoms with Gasteiger partial charge >= 0.3 is 0 Å². The average molecular weight is 159 g/mol. The van der Waals surface area contributed by atoms with E-state index < -0.39 is 0 Å². The van der Waals surface area contributed by atoms with E-state index in [1.807, 2.05) is 20.8 Å². The number of nitrogens with zero attached hydrogens (tertiary/aromatic N) is 1. The van der Waals surface area contributed by atoms with Crippen LogP contribution in [-0.4, -0.2) is 12.4 Å². The lowest BCUT2D eigenvalue weighted by molar-refractivity contribution is -0.127. The van der Waals surface area contributed by atoms with Crippen molar-refractivity contribution in [1.29, 1.82) is 0 Å². The zero-order chi connectivity index (χ0) is 8.91. The molecule has 0 aliphatic carbocycles. The first kappa shape index (κ1) is 10.1. The van der Waals surface area contributed by atoms with Crippen LogP contribution in [0.25, 0.3) is 0 Å². The second-order valence-electron chi connectivity index (χ2n) is 3.33. The summed E-state index contributed by atoms with van der Waals surface area (Å²) in [6, 6.07) is 0. The van der Waals surface area contributed by atoms with E-state index in [0.717, 1.165) is 0 Å². The lowest BCUT2D eigenvalue weighted by Gasteiger charge is -2.15. The van der Waals surface area contributed by atoms with Gasteiger partial charge < -0.3 is 4.84 Å². The molecular weight excluding hydrogens is 146 g/mol. The summed E-state index contributed by atoms with van der Waals surface area (Å²) >= 11 is 0. The van der Waals surface area contributed by atoms with Crippen LogP contribution in [0.3, 0.4) is 0 Å². The van der Waals surface area contributed by atoms with Gasteiger partial charge in [0.25, 0.3) is 0 Å². The molecule has 0 radical (unpaired) electrons. The molecule has 0 aliphatic heterocycles. The second-order valence-corrected chi connectivity index (χ2v) is 3.33. The molecule has 4 nitrogen and oxygen atoms in total. The third kappa shape index (κ3) is 4.47. The summed E-state index contributed by atoms with van der Waals surface area (Å²) < 4.78 is 0. The van der Waals surface area contributed by atoms with Crippen LogP contribution < -0.4 is 0 Å². The van der Waals surface area contributed by atoms with Gasteiger partial charge in [-0.2, -0.15) is 0 Å². The van der Waals surface area contributed by atoms with Crippen LogP contribution in [0.2, 0.25) is 0 Å². The molecule has 0 N–H and O–H groups in total. The van der Waals surface area contributed by atoms with Crippen molar-refractivity contribution in [3.8, 4) is 0 Å². The van der Waals surface area contributed by atoms with Crippen molar-refractivity contribution in [2.75, 3.05) is 6.61 Å². The Kier molecular flexibility index (Phi) is 3.71. The van der Waals surface area contributed by atoms with Crippen molar-refractivity contribution < 1.29 is 9.63 Å². The monoisotopic (exact) mass is 159 g/mol. The minimum absolute atomic E-state index is 0.0705. The third-order valence-corrected chi connectivity index (χ3v) is 1.31. The minimum atomic E-state index is -0.355. The summed E-state index contributed by atoms with van der Waals surface area (Å²) in [5, 5.41) is 2.19. The fraction of sp³-hybridized carbons (Fsp3) is 0.857. The molecule has 0 saturated heterocycles. The summed E-state index contributed by atoms with van der Waals surface area (Å²) in [4.78, 5) is 24.7. The number of carbonyl (C=O) groups is 1. The van der Waals surface area contributed by atoms with Crippen molar-refractivity contribution >= 4 is 5.78 Å². The maximum Gasteiger partial charge on any atom is 0.155 e. The standard InChI is InChI=1S/C7H13NO3/c1-7(2,3)6(9)4-5-11-8-10/h4-5H2,1-3H3. The molecule has 0 fully saturated rings. The zero-order valence-electron chi connectivity index (χ0n) is 7.09. The maximum absolute atomic E-state index is 11.1. The molecule has 0 aromatic rings. The van der Waals surface area contributed by atoms with Crippen LogP contribution in [0.5, 0.6) is 0 Å². The molecule has 64 valence electrons. The number of carbonyl (C=O) groups excluding carboxylic acids is 1. The first-order valence-electron chi connectivity index (χ1n) is 3.46. The second kappa shape index (κ2) is 4.05. The van der Waals surface area contributed by atoms with E-state index in [0.29, 0.717) is 0 Å². The Labute approximate surface area is 65.9 Å². The normalized spacial score (nSPS) is 10.8.